The Hall–Kier alpha value is -5.37. The average molecular weight is 899 g/mol. The normalized spacial score (nSPS) is 14.3. The Morgan fingerprint density at radius 2 is 0.938 bits per heavy atom. The van der Waals surface area contributed by atoms with Gasteiger partial charge in [0.25, 0.3) is 0 Å². The molecule has 0 heterocycles. The van der Waals surface area contributed by atoms with E-state index in [1.807, 2.05) is 54.6 Å². The number of benzene rings is 4. The molecule has 4 aromatic rings. The van der Waals surface area contributed by atoms with E-state index in [0.29, 0.717) is 13.8 Å². The Labute approximate surface area is 380 Å². The Morgan fingerprint density at radius 1 is 0.609 bits per heavy atom. The lowest BCUT2D eigenvalue weighted by molar-refractivity contribution is 0.0391. The number of hydrogen-bond acceptors (Lipinski definition) is 10. The number of carbonyl (C=O) groups excluding carboxylic acids is 2. The quantitative estimate of drug-likeness (QED) is 0.0636. The molecule has 0 unspecified atom stereocenters. The van der Waals surface area contributed by atoms with E-state index in [1.54, 1.807) is 39.0 Å². The van der Waals surface area contributed by atoms with Crippen molar-refractivity contribution in [2.24, 2.45) is 0 Å². The highest BCUT2D eigenvalue weighted by Gasteiger charge is 2.36. The van der Waals surface area contributed by atoms with E-state index >= 15 is 0 Å². The second kappa shape index (κ2) is 26.4. The maximum absolute atomic E-state index is 11.9. The molecule has 64 heavy (non-hydrogen) atoms. The fourth-order valence-corrected chi connectivity index (χ4v) is 7.81. The van der Waals surface area contributed by atoms with Crippen LogP contribution < -0.4 is 0 Å². The number of fused-ring (bicyclic) bond motifs is 6. The summed E-state index contributed by atoms with van der Waals surface area (Å²) in [6.07, 6.45) is 7.28. The van der Waals surface area contributed by atoms with Crippen LogP contribution in [0.25, 0.3) is 22.3 Å². The lowest BCUT2D eigenvalue weighted by Crippen LogP contribution is -2.40. The van der Waals surface area contributed by atoms with Crippen LogP contribution in [0.3, 0.4) is 0 Å². The van der Waals surface area contributed by atoms with Crippen LogP contribution in [0.2, 0.25) is 18.1 Å². The van der Waals surface area contributed by atoms with Crippen molar-refractivity contribution in [1.82, 2.24) is 0 Å². The Balaban J connectivity index is 0.000000260. The maximum atomic E-state index is 11.9. The molecule has 4 aromatic carbocycles. The first kappa shape index (κ1) is 53.0. The first-order valence-electron chi connectivity index (χ1n) is 21.5. The van der Waals surface area contributed by atoms with Crippen LogP contribution in [0, 0.1) is 0 Å². The number of alkyl halides is 1. The standard InChI is InChI=1S/2C20H20O4.C11H24O2Si.CH3F/c2*1-14(7-6-12-21)24-20(22)23-13-19-17-10-4-2-8-15(17)16-9-3-5-11-18(16)19;1-10(12)8-7-9-13-14(5,6)11(2,3)4;1-2/h2*2-11,14,19,21H,12-13H2,1H3;7-8,10,12H,9H2,1-6H3;1H3/b2*7-6-;8-7-;/t2*14-;10-;/m111./s1. The van der Waals surface area contributed by atoms with Crippen molar-refractivity contribution >= 4 is 20.6 Å². The van der Waals surface area contributed by atoms with Gasteiger partial charge >= 0.3 is 12.3 Å². The van der Waals surface area contributed by atoms with Gasteiger partial charge in [-0.15, -0.1) is 0 Å². The Bertz CT molecular complexity index is 1920. The van der Waals surface area contributed by atoms with Crippen molar-refractivity contribution in [1.29, 1.82) is 0 Å². The zero-order valence-electron chi connectivity index (χ0n) is 38.7. The van der Waals surface area contributed by atoms with E-state index in [9.17, 15) is 14.0 Å². The number of aliphatic hydroxyl groups is 3. The Morgan fingerprint density at radius 3 is 1.23 bits per heavy atom. The fourth-order valence-electron chi connectivity index (χ4n) is 6.86. The number of halogens is 1. The molecule has 3 atom stereocenters. The summed E-state index contributed by atoms with van der Waals surface area (Å²) in [5, 5.41) is 26.7. The molecule has 0 amide bonds. The number of hydrogen-bond donors (Lipinski definition) is 3. The van der Waals surface area contributed by atoms with Crippen LogP contribution in [0.5, 0.6) is 0 Å². The number of carbonyl (C=O) groups is 2. The maximum Gasteiger partial charge on any atom is 0.508 e. The smallest absolute Gasteiger partial charge is 0.433 e. The van der Waals surface area contributed by atoms with Crippen molar-refractivity contribution in [2.45, 2.75) is 89.8 Å². The molecule has 6 rings (SSSR count). The molecule has 0 saturated carbocycles. The SMILES string of the molecule is CF.C[C@@H](O)/C=C\CO[Si](C)(C)C(C)(C)C.C[C@H](/C=C\CO)OC(=O)OCC1c2ccccc2-c2ccccc21.C[C@H](/C=C\CO)OC(=O)OCC1c2ccccc2-c2ccccc21. The molecule has 2 aliphatic carbocycles. The van der Waals surface area contributed by atoms with Gasteiger partial charge in [-0.25, -0.2) is 9.59 Å². The Kier molecular flexibility index (Phi) is 21.9. The number of ether oxygens (including phenoxy) is 4. The molecular formula is C52H67FO10Si. The van der Waals surface area contributed by atoms with Gasteiger partial charge in [-0.1, -0.05) is 142 Å². The third kappa shape index (κ3) is 15.7. The second-order valence-corrected chi connectivity index (χ2v) is 21.5. The van der Waals surface area contributed by atoms with Gasteiger partial charge in [0.15, 0.2) is 8.32 Å². The summed E-state index contributed by atoms with van der Waals surface area (Å²) >= 11 is 0. The lowest BCUT2D eigenvalue weighted by atomic mass is 9.98. The molecule has 0 aliphatic heterocycles. The van der Waals surface area contributed by atoms with Gasteiger partial charge in [-0.2, -0.15) is 0 Å². The molecule has 0 radical (unpaired) electrons. The molecule has 3 N–H and O–H groups in total. The summed E-state index contributed by atoms with van der Waals surface area (Å²) in [7, 11) is -1.11. The van der Waals surface area contributed by atoms with Crippen molar-refractivity contribution < 1.29 is 52.7 Å². The molecular weight excluding hydrogens is 832 g/mol. The highest BCUT2D eigenvalue weighted by atomic mass is 28.4. The van der Waals surface area contributed by atoms with Gasteiger partial charge in [-0.05, 0) is 95.6 Å². The number of rotatable bonds is 14. The largest absolute Gasteiger partial charge is 0.508 e. The third-order valence-corrected chi connectivity index (χ3v) is 15.5. The molecule has 0 aromatic heterocycles. The van der Waals surface area contributed by atoms with Gasteiger partial charge in [0.05, 0.1) is 33.1 Å². The van der Waals surface area contributed by atoms with E-state index in [2.05, 4.69) is 82.4 Å². The zero-order chi connectivity index (χ0) is 47.3. The lowest BCUT2D eigenvalue weighted by Gasteiger charge is -2.35. The van der Waals surface area contributed by atoms with E-state index in [-0.39, 0.29) is 49.4 Å². The van der Waals surface area contributed by atoms with Crippen LogP contribution in [0.4, 0.5) is 14.0 Å². The second-order valence-electron chi connectivity index (χ2n) is 16.7. The average Bonchev–Trinajstić information content (AvgIpc) is 3.78. The summed E-state index contributed by atoms with van der Waals surface area (Å²) in [6.45, 7) is 17.2. The molecule has 10 nitrogen and oxygen atoms in total. The summed E-state index contributed by atoms with van der Waals surface area (Å²) in [5.74, 6) is 0.0430. The summed E-state index contributed by atoms with van der Waals surface area (Å²) in [6, 6.07) is 32.7. The summed E-state index contributed by atoms with van der Waals surface area (Å²) in [4.78, 5) is 23.7. The minimum atomic E-state index is -1.61. The minimum absolute atomic E-state index is 0.0215. The summed E-state index contributed by atoms with van der Waals surface area (Å²) < 4.78 is 36.3. The van der Waals surface area contributed by atoms with Crippen LogP contribution in [-0.4, -0.2) is 94.5 Å². The predicted molar refractivity (Wildman–Crippen MR) is 255 cm³/mol. The summed E-state index contributed by atoms with van der Waals surface area (Å²) in [5.41, 5.74) is 9.42. The molecule has 0 saturated heterocycles. The van der Waals surface area contributed by atoms with Gasteiger partial charge in [-0.3, -0.25) is 4.39 Å². The molecule has 12 heteroatoms. The molecule has 0 fully saturated rings. The van der Waals surface area contributed by atoms with Crippen LogP contribution >= 0.6 is 0 Å². The monoisotopic (exact) mass is 898 g/mol. The van der Waals surface area contributed by atoms with E-state index in [0.717, 1.165) is 0 Å². The van der Waals surface area contributed by atoms with Gasteiger partial charge in [0, 0.05) is 11.8 Å². The van der Waals surface area contributed by atoms with Crippen molar-refractivity contribution in [2.75, 3.05) is 40.2 Å². The first-order chi connectivity index (χ1) is 30.6. The highest BCUT2D eigenvalue weighted by Crippen LogP contribution is 2.46. The predicted octanol–water partition coefficient (Wildman–Crippen LogP) is 11.3. The van der Waals surface area contributed by atoms with Crippen molar-refractivity contribution in [3.05, 3.63) is 156 Å². The van der Waals surface area contributed by atoms with Crippen LogP contribution in [0.1, 0.15) is 75.6 Å². The third-order valence-electron chi connectivity index (χ3n) is 11.0. The minimum Gasteiger partial charge on any atom is -0.433 e. The van der Waals surface area contributed by atoms with Crippen LogP contribution in [0.15, 0.2) is 134 Å². The van der Waals surface area contributed by atoms with E-state index in [4.69, 9.17) is 38.7 Å². The molecule has 0 bridgehead atoms. The van der Waals surface area contributed by atoms with Crippen LogP contribution in [-0.2, 0) is 23.4 Å². The first-order valence-corrected chi connectivity index (χ1v) is 24.4. The zero-order valence-corrected chi connectivity index (χ0v) is 39.7. The molecule has 346 valence electrons. The number of aliphatic hydroxyl groups excluding tert-OH is 3. The van der Waals surface area contributed by atoms with Gasteiger partial charge in [0.1, 0.15) is 25.4 Å². The van der Waals surface area contributed by atoms with Gasteiger partial charge < -0.3 is 38.7 Å². The molecule has 0 spiro atoms. The van der Waals surface area contributed by atoms with Crippen molar-refractivity contribution in [3.63, 3.8) is 0 Å². The topological polar surface area (TPSA) is 141 Å². The van der Waals surface area contributed by atoms with Gasteiger partial charge in [0.2, 0.25) is 0 Å². The molecule has 2 aliphatic rings. The highest BCUT2D eigenvalue weighted by molar-refractivity contribution is 6.74. The fraction of sp³-hybridized carbons (Fsp3) is 0.385. The van der Waals surface area contributed by atoms with Crippen molar-refractivity contribution in [3.8, 4) is 22.3 Å². The van der Waals surface area contributed by atoms with E-state index in [1.165, 1.54) is 56.7 Å². The van der Waals surface area contributed by atoms with E-state index < -0.39 is 32.8 Å².